The van der Waals surface area contributed by atoms with Gasteiger partial charge in [0, 0.05) is 20.2 Å². The lowest BCUT2D eigenvalue weighted by molar-refractivity contribution is -0.137. The van der Waals surface area contributed by atoms with Gasteiger partial charge in [0.05, 0.1) is 18.7 Å². The number of likely N-dealkylation sites (N-methyl/N-ethyl adjacent to an activating group) is 1. The van der Waals surface area contributed by atoms with Crippen molar-refractivity contribution in [1.82, 2.24) is 10.2 Å². The van der Waals surface area contributed by atoms with Crippen LogP contribution in [0.5, 0.6) is 0 Å². The molecule has 1 aromatic carbocycles. The fourth-order valence-electron chi connectivity index (χ4n) is 1.81. The number of carbonyl (C=O) groups is 1. The van der Waals surface area contributed by atoms with E-state index in [4.69, 9.17) is 4.74 Å². The molecule has 0 aliphatic rings. The molecule has 0 spiro atoms. The minimum absolute atomic E-state index is 0.111. The summed E-state index contributed by atoms with van der Waals surface area (Å²) in [5, 5.41) is 2.65. The first-order valence-electron chi connectivity index (χ1n) is 6.43. The van der Waals surface area contributed by atoms with E-state index < -0.39 is 11.7 Å². The number of benzene rings is 1. The minimum atomic E-state index is -4.36. The maximum Gasteiger partial charge on any atom is 0.416 e. The highest BCUT2D eigenvalue weighted by atomic mass is 19.4. The van der Waals surface area contributed by atoms with Gasteiger partial charge in [-0.25, -0.2) is 0 Å². The van der Waals surface area contributed by atoms with E-state index in [1.54, 1.807) is 18.0 Å². The average Bonchev–Trinajstić information content (AvgIpc) is 2.38. The van der Waals surface area contributed by atoms with Crippen molar-refractivity contribution in [3.05, 3.63) is 35.4 Å². The number of amides is 1. The zero-order valence-electron chi connectivity index (χ0n) is 12.0. The number of nitrogens with one attached hydrogen (secondary N) is 1. The van der Waals surface area contributed by atoms with E-state index in [0.717, 1.165) is 12.1 Å². The summed E-state index contributed by atoms with van der Waals surface area (Å²) in [7, 11) is 3.21. The standard InChI is InChI=1S/C14H19F3N2O2/c1-19(10-13(20)18-6-7-21-2)9-11-4-3-5-12(8-11)14(15,16)17/h3-5,8H,6-7,9-10H2,1-2H3,(H,18,20). The number of halogens is 3. The molecule has 0 heterocycles. The Morgan fingerprint density at radius 2 is 2.10 bits per heavy atom. The molecule has 0 bridgehead atoms. The SMILES string of the molecule is COCCNC(=O)CN(C)Cc1cccc(C(F)(F)F)c1. The summed E-state index contributed by atoms with van der Waals surface area (Å²) in [6.45, 7) is 1.21. The van der Waals surface area contributed by atoms with Crippen LogP contribution in [-0.4, -0.2) is 44.7 Å². The van der Waals surface area contributed by atoms with Crippen molar-refractivity contribution in [3.63, 3.8) is 0 Å². The molecule has 0 saturated carbocycles. The Labute approximate surface area is 121 Å². The van der Waals surface area contributed by atoms with E-state index >= 15 is 0 Å². The highest BCUT2D eigenvalue weighted by Crippen LogP contribution is 2.29. The Morgan fingerprint density at radius 3 is 2.71 bits per heavy atom. The van der Waals surface area contributed by atoms with Gasteiger partial charge in [-0.15, -0.1) is 0 Å². The average molecular weight is 304 g/mol. The van der Waals surface area contributed by atoms with E-state index in [1.807, 2.05) is 0 Å². The molecule has 0 aliphatic heterocycles. The Kier molecular flexibility index (Phi) is 6.64. The molecule has 0 radical (unpaired) electrons. The van der Waals surface area contributed by atoms with Crippen LogP contribution in [0.1, 0.15) is 11.1 Å². The first-order valence-corrected chi connectivity index (χ1v) is 6.43. The Hall–Kier alpha value is -1.60. The van der Waals surface area contributed by atoms with Crippen molar-refractivity contribution in [2.75, 3.05) is 33.9 Å². The second kappa shape index (κ2) is 7.99. The van der Waals surface area contributed by atoms with Crippen LogP contribution in [0.2, 0.25) is 0 Å². The third-order valence-corrected chi connectivity index (χ3v) is 2.75. The van der Waals surface area contributed by atoms with Crippen LogP contribution in [0.15, 0.2) is 24.3 Å². The van der Waals surface area contributed by atoms with E-state index in [1.165, 1.54) is 13.2 Å². The van der Waals surface area contributed by atoms with Gasteiger partial charge in [-0.05, 0) is 18.7 Å². The van der Waals surface area contributed by atoms with Crippen molar-refractivity contribution in [2.45, 2.75) is 12.7 Å². The summed E-state index contributed by atoms with van der Waals surface area (Å²) < 4.78 is 42.6. The molecule has 0 saturated heterocycles. The topological polar surface area (TPSA) is 41.6 Å². The number of methoxy groups -OCH3 is 1. The van der Waals surface area contributed by atoms with E-state index in [9.17, 15) is 18.0 Å². The first kappa shape index (κ1) is 17.5. The molecule has 0 unspecified atom stereocenters. The molecular weight excluding hydrogens is 285 g/mol. The Morgan fingerprint density at radius 1 is 1.38 bits per heavy atom. The fourth-order valence-corrected chi connectivity index (χ4v) is 1.81. The summed E-state index contributed by atoms with van der Waals surface area (Å²) >= 11 is 0. The van der Waals surface area contributed by atoms with Gasteiger partial charge >= 0.3 is 6.18 Å². The highest BCUT2D eigenvalue weighted by Gasteiger charge is 2.30. The van der Waals surface area contributed by atoms with E-state index in [-0.39, 0.29) is 19.0 Å². The lowest BCUT2D eigenvalue weighted by Gasteiger charge is -2.17. The third-order valence-electron chi connectivity index (χ3n) is 2.75. The lowest BCUT2D eigenvalue weighted by atomic mass is 10.1. The summed E-state index contributed by atoms with van der Waals surface area (Å²) in [5.41, 5.74) is -0.171. The molecule has 118 valence electrons. The largest absolute Gasteiger partial charge is 0.416 e. The first-order chi connectivity index (χ1) is 9.82. The zero-order valence-corrected chi connectivity index (χ0v) is 12.0. The molecule has 0 aromatic heterocycles. The van der Waals surface area contributed by atoms with Crippen molar-refractivity contribution >= 4 is 5.91 Å². The Bertz CT molecular complexity index is 464. The molecular formula is C14H19F3N2O2. The number of hydrogen-bond donors (Lipinski definition) is 1. The lowest BCUT2D eigenvalue weighted by Crippen LogP contribution is -2.36. The normalized spacial score (nSPS) is 11.7. The quantitative estimate of drug-likeness (QED) is 0.782. The molecule has 7 heteroatoms. The predicted molar refractivity (Wildman–Crippen MR) is 72.7 cm³/mol. The number of hydrogen-bond acceptors (Lipinski definition) is 3. The van der Waals surface area contributed by atoms with E-state index in [2.05, 4.69) is 5.32 Å². The van der Waals surface area contributed by atoms with Gasteiger partial charge in [0.1, 0.15) is 0 Å². The zero-order chi connectivity index (χ0) is 15.9. The monoisotopic (exact) mass is 304 g/mol. The number of nitrogens with zero attached hydrogens (tertiary/aromatic N) is 1. The third kappa shape index (κ3) is 6.59. The fraction of sp³-hybridized carbons (Fsp3) is 0.500. The van der Waals surface area contributed by atoms with Crippen LogP contribution in [-0.2, 0) is 22.3 Å². The van der Waals surface area contributed by atoms with Crippen LogP contribution in [0.3, 0.4) is 0 Å². The maximum absolute atomic E-state index is 12.6. The Balaban J connectivity index is 2.51. The van der Waals surface area contributed by atoms with Crippen molar-refractivity contribution in [1.29, 1.82) is 0 Å². The van der Waals surface area contributed by atoms with Gasteiger partial charge < -0.3 is 10.1 Å². The molecule has 21 heavy (non-hydrogen) atoms. The summed E-state index contributed by atoms with van der Waals surface area (Å²) in [5.74, 6) is -0.193. The van der Waals surface area contributed by atoms with Gasteiger partial charge in [-0.2, -0.15) is 13.2 Å². The van der Waals surface area contributed by atoms with Gasteiger partial charge in [0.15, 0.2) is 0 Å². The minimum Gasteiger partial charge on any atom is -0.383 e. The molecule has 0 fully saturated rings. The van der Waals surface area contributed by atoms with Crippen LogP contribution in [0.25, 0.3) is 0 Å². The van der Waals surface area contributed by atoms with Gasteiger partial charge in [-0.1, -0.05) is 18.2 Å². The highest BCUT2D eigenvalue weighted by molar-refractivity contribution is 5.77. The molecule has 1 aromatic rings. The maximum atomic E-state index is 12.6. The van der Waals surface area contributed by atoms with Crippen molar-refractivity contribution in [3.8, 4) is 0 Å². The molecule has 1 rings (SSSR count). The van der Waals surface area contributed by atoms with Crippen LogP contribution in [0.4, 0.5) is 13.2 Å². The van der Waals surface area contributed by atoms with Gasteiger partial charge in [0.25, 0.3) is 0 Å². The summed E-state index contributed by atoms with van der Waals surface area (Å²) in [4.78, 5) is 13.2. The second-order valence-corrected chi connectivity index (χ2v) is 4.71. The number of carbonyl (C=O) groups excluding carboxylic acids is 1. The van der Waals surface area contributed by atoms with Crippen molar-refractivity contribution in [2.24, 2.45) is 0 Å². The number of alkyl halides is 3. The van der Waals surface area contributed by atoms with Crippen LogP contribution < -0.4 is 5.32 Å². The van der Waals surface area contributed by atoms with Crippen LogP contribution in [0, 0.1) is 0 Å². The van der Waals surface area contributed by atoms with E-state index in [0.29, 0.717) is 18.7 Å². The molecule has 1 amide bonds. The van der Waals surface area contributed by atoms with Gasteiger partial charge in [0.2, 0.25) is 5.91 Å². The predicted octanol–water partition coefficient (Wildman–Crippen LogP) is 1.90. The number of rotatable bonds is 7. The van der Waals surface area contributed by atoms with Crippen molar-refractivity contribution < 1.29 is 22.7 Å². The molecule has 0 atom stereocenters. The number of ether oxygens (including phenoxy) is 1. The molecule has 0 aliphatic carbocycles. The van der Waals surface area contributed by atoms with Crippen LogP contribution >= 0.6 is 0 Å². The van der Waals surface area contributed by atoms with Gasteiger partial charge in [-0.3, -0.25) is 9.69 Å². The molecule has 1 N–H and O–H groups in total. The summed E-state index contributed by atoms with van der Waals surface area (Å²) in [6, 6.07) is 5.10. The summed E-state index contributed by atoms with van der Waals surface area (Å²) in [6.07, 6.45) is -4.36. The second-order valence-electron chi connectivity index (χ2n) is 4.71. The molecule has 4 nitrogen and oxygen atoms in total. The smallest absolute Gasteiger partial charge is 0.383 e.